The van der Waals surface area contributed by atoms with E-state index in [1.807, 2.05) is 12.1 Å². The Balaban J connectivity index is 1.79. The Morgan fingerprint density at radius 1 is 1.50 bits per heavy atom. The third kappa shape index (κ3) is 3.90. The summed E-state index contributed by atoms with van der Waals surface area (Å²) in [5.74, 6) is 0.554. The van der Waals surface area contributed by atoms with Gasteiger partial charge in [0.05, 0.1) is 12.8 Å². The number of piperidine rings is 1. The van der Waals surface area contributed by atoms with E-state index in [-0.39, 0.29) is 6.54 Å². The average Bonchev–Trinajstić information content (AvgIpc) is 2.48. The van der Waals surface area contributed by atoms with E-state index < -0.39 is 5.67 Å². The van der Waals surface area contributed by atoms with Gasteiger partial charge in [0.2, 0.25) is 12.3 Å². The minimum absolute atomic E-state index is 0.276. The van der Waals surface area contributed by atoms with Crippen molar-refractivity contribution in [3.8, 4) is 5.88 Å². The molecule has 0 aliphatic carbocycles. The number of methoxy groups -OCH3 is 1. The normalized spacial score (nSPS) is 17.8. The molecule has 20 heavy (non-hydrogen) atoms. The van der Waals surface area contributed by atoms with E-state index in [1.54, 1.807) is 18.1 Å². The molecule has 1 fully saturated rings. The number of nitrogens with one attached hydrogen (secondary N) is 1. The Morgan fingerprint density at radius 2 is 2.25 bits per heavy atom. The lowest BCUT2D eigenvalue weighted by atomic mass is 9.93. The van der Waals surface area contributed by atoms with Gasteiger partial charge in [0.15, 0.2) is 0 Å². The number of carbonyl (C=O) groups is 1. The maximum atomic E-state index is 14.5. The van der Waals surface area contributed by atoms with Gasteiger partial charge in [0.25, 0.3) is 0 Å². The molecule has 1 amide bonds. The maximum absolute atomic E-state index is 14.5. The van der Waals surface area contributed by atoms with Crippen molar-refractivity contribution in [1.82, 2.24) is 15.2 Å². The van der Waals surface area contributed by atoms with Crippen molar-refractivity contribution >= 4 is 6.41 Å². The summed E-state index contributed by atoms with van der Waals surface area (Å²) in [6.45, 7) is 1.75. The van der Waals surface area contributed by atoms with Crippen LogP contribution in [0.1, 0.15) is 18.5 Å². The second kappa shape index (κ2) is 6.65. The zero-order valence-electron chi connectivity index (χ0n) is 11.6. The summed E-state index contributed by atoms with van der Waals surface area (Å²) < 4.78 is 19.5. The summed E-state index contributed by atoms with van der Waals surface area (Å²) >= 11 is 0. The summed E-state index contributed by atoms with van der Waals surface area (Å²) in [6.07, 6.45) is 1.54. The molecule has 6 heteroatoms. The van der Waals surface area contributed by atoms with Crippen molar-refractivity contribution in [3.63, 3.8) is 0 Å². The molecule has 1 N–H and O–H groups in total. The van der Waals surface area contributed by atoms with Gasteiger partial charge < -0.3 is 15.0 Å². The van der Waals surface area contributed by atoms with Gasteiger partial charge in [-0.2, -0.15) is 0 Å². The fourth-order valence-corrected chi connectivity index (χ4v) is 2.29. The molecule has 110 valence electrons. The van der Waals surface area contributed by atoms with E-state index in [1.165, 1.54) is 0 Å². The number of hydrogen-bond acceptors (Lipinski definition) is 4. The number of halogens is 1. The Kier molecular flexibility index (Phi) is 4.89. The molecular weight excluding hydrogens is 261 g/mol. The number of carbonyl (C=O) groups excluding carboxylic acids is 1. The first-order chi connectivity index (χ1) is 9.65. The molecule has 0 radical (unpaired) electrons. The highest BCUT2D eigenvalue weighted by atomic mass is 19.1. The van der Waals surface area contributed by atoms with Gasteiger partial charge in [-0.05, 0) is 6.07 Å². The number of aromatic nitrogens is 1. The smallest absolute Gasteiger partial charge is 0.213 e. The zero-order chi connectivity index (χ0) is 14.4. The maximum Gasteiger partial charge on any atom is 0.213 e. The number of hydrogen-bond donors (Lipinski definition) is 1. The lowest BCUT2D eigenvalue weighted by Crippen LogP contribution is -2.46. The van der Waals surface area contributed by atoms with E-state index in [2.05, 4.69) is 10.3 Å². The van der Waals surface area contributed by atoms with Gasteiger partial charge >= 0.3 is 0 Å². The molecule has 1 saturated heterocycles. The van der Waals surface area contributed by atoms with Gasteiger partial charge in [-0.3, -0.25) is 4.79 Å². The van der Waals surface area contributed by atoms with Crippen LogP contribution in [0.4, 0.5) is 4.39 Å². The molecule has 0 saturated carbocycles. The van der Waals surface area contributed by atoms with Gasteiger partial charge in [-0.25, -0.2) is 9.37 Å². The van der Waals surface area contributed by atoms with Crippen LogP contribution < -0.4 is 10.1 Å². The third-order valence-corrected chi connectivity index (χ3v) is 3.58. The standard InChI is InChI=1S/C14H20FN3O2/c1-20-13-4-2-3-12(17-13)9-16-10-14(15)5-7-18(11-19)8-6-14/h2-4,11,16H,5-10H2,1H3. The van der Waals surface area contributed by atoms with Crippen LogP contribution in [0.15, 0.2) is 18.2 Å². The van der Waals surface area contributed by atoms with Crippen LogP contribution >= 0.6 is 0 Å². The first-order valence-electron chi connectivity index (χ1n) is 6.74. The largest absolute Gasteiger partial charge is 0.481 e. The molecule has 0 atom stereocenters. The number of pyridine rings is 1. The quantitative estimate of drug-likeness (QED) is 0.795. The van der Waals surface area contributed by atoms with Gasteiger partial charge in [-0.15, -0.1) is 0 Å². The van der Waals surface area contributed by atoms with Crippen LogP contribution in [-0.4, -0.2) is 48.7 Å². The molecule has 2 rings (SSSR count). The fourth-order valence-electron chi connectivity index (χ4n) is 2.29. The average molecular weight is 281 g/mol. The topological polar surface area (TPSA) is 54.5 Å². The highest BCUT2D eigenvalue weighted by Crippen LogP contribution is 2.25. The number of alkyl halides is 1. The van der Waals surface area contributed by atoms with Gasteiger partial charge in [0.1, 0.15) is 5.67 Å². The molecule has 1 aromatic heterocycles. The minimum atomic E-state index is -1.24. The van der Waals surface area contributed by atoms with E-state index in [0.717, 1.165) is 12.1 Å². The molecular formula is C14H20FN3O2. The van der Waals surface area contributed by atoms with Crippen LogP contribution in [0.3, 0.4) is 0 Å². The molecule has 0 spiro atoms. The molecule has 0 bridgehead atoms. The van der Waals surface area contributed by atoms with Crippen molar-refractivity contribution in [3.05, 3.63) is 23.9 Å². The van der Waals surface area contributed by atoms with Crippen molar-refractivity contribution in [2.75, 3.05) is 26.7 Å². The molecule has 2 heterocycles. The number of rotatable bonds is 6. The van der Waals surface area contributed by atoms with Crippen LogP contribution in [-0.2, 0) is 11.3 Å². The predicted octanol–water partition coefficient (Wildman–Crippen LogP) is 1.14. The van der Waals surface area contributed by atoms with Crippen molar-refractivity contribution in [2.24, 2.45) is 0 Å². The Morgan fingerprint density at radius 3 is 2.90 bits per heavy atom. The lowest BCUT2D eigenvalue weighted by Gasteiger charge is -2.34. The summed E-state index contributed by atoms with van der Waals surface area (Å²) in [5.41, 5.74) is -0.420. The first-order valence-corrected chi connectivity index (χ1v) is 6.74. The molecule has 0 unspecified atom stereocenters. The van der Waals surface area contributed by atoms with Gasteiger partial charge in [-0.1, -0.05) is 6.07 Å². The van der Waals surface area contributed by atoms with E-state index >= 15 is 0 Å². The second-order valence-electron chi connectivity index (χ2n) is 5.07. The van der Waals surface area contributed by atoms with Crippen LogP contribution in [0.5, 0.6) is 5.88 Å². The molecule has 1 aliphatic rings. The van der Waals surface area contributed by atoms with Gasteiger partial charge in [0, 0.05) is 45.1 Å². The predicted molar refractivity (Wildman–Crippen MR) is 73.2 cm³/mol. The van der Waals surface area contributed by atoms with E-state index in [0.29, 0.717) is 38.4 Å². The number of likely N-dealkylation sites (tertiary alicyclic amines) is 1. The Bertz CT molecular complexity index is 448. The Hall–Kier alpha value is -1.69. The summed E-state index contributed by atoms with van der Waals surface area (Å²) in [4.78, 5) is 16.5. The highest BCUT2D eigenvalue weighted by Gasteiger charge is 2.33. The number of amides is 1. The van der Waals surface area contributed by atoms with Crippen molar-refractivity contribution < 1.29 is 13.9 Å². The minimum Gasteiger partial charge on any atom is -0.481 e. The highest BCUT2D eigenvalue weighted by molar-refractivity contribution is 5.47. The zero-order valence-corrected chi connectivity index (χ0v) is 11.6. The monoisotopic (exact) mass is 281 g/mol. The molecule has 5 nitrogen and oxygen atoms in total. The summed E-state index contributed by atoms with van der Waals surface area (Å²) in [6, 6.07) is 5.50. The molecule has 1 aromatic rings. The third-order valence-electron chi connectivity index (χ3n) is 3.58. The van der Waals surface area contributed by atoms with Crippen LogP contribution in [0.2, 0.25) is 0 Å². The van der Waals surface area contributed by atoms with E-state index in [4.69, 9.17) is 4.74 Å². The summed E-state index contributed by atoms with van der Waals surface area (Å²) in [7, 11) is 1.57. The number of ether oxygens (including phenoxy) is 1. The SMILES string of the molecule is COc1cccc(CNCC2(F)CCN(C=O)CC2)n1. The van der Waals surface area contributed by atoms with Crippen LogP contribution in [0, 0.1) is 0 Å². The molecule has 0 aromatic carbocycles. The van der Waals surface area contributed by atoms with Crippen molar-refractivity contribution in [1.29, 1.82) is 0 Å². The lowest BCUT2D eigenvalue weighted by molar-refractivity contribution is -0.120. The number of nitrogens with zero attached hydrogens (tertiary/aromatic N) is 2. The van der Waals surface area contributed by atoms with E-state index in [9.17, 15) is 9.18 Å². The first kappa shape index (κ1) is 14.7. The summed E-state index contributed by atoms with van der Waals surface area (Å²) in [5, 5.41) is 3.10. The van der Waals surface area contributed by atoms with Crippen LogP contribution in [0.25, 0.3) is 0 Å². The Labute approximate surface area is 118 Å². The fraction of sp³-hybridized carbons (Fsp3) is 0.571. The second-order valence-corrected chi connectivity index (χ2v) is 5.07. The molecule has 1 aliphatic heterocycles. The van der Waals surface area contributed by atoms with Crippen molar-refractivity contribution in [2.45, 2.75) is 25.1 Å².